The average Bonchev–Trinajstić information content (AvgIpc) is 2.78. The second-order valence-corrected chi connectivity index (χ2v) is 6.41. The van der Waals surface area contributed by atoms with Crippen LogP contribution in [0.1, 0.15) is 5.56 Å². The number of benzene rings is 3. The van der Waals surface area contributed by atoms with E-state index in [0.717, 1.165) is 4.68 Å². The summed E-state index contributed by atoms with van der Waals surface area (Å²) in [7, 11) is 1.56. The van der Waals surface area contributed by atoms with Crippen LogP contribution in [0.4, 0.5) is 0 Å². The van der Waals surface area contributed by atoms with E-state index in [1.54, 1.807) is 55.6 Å². The SMILES string of the molecule is COc1ccc(-c2nc3ccccc3c(=O)n2/N=C/c2ccc(O)c(O)c2O)cc1. The van der Waals surface area contributed by atoms with Crippen molar-refractivity contribution >= 4 is 17.1 Å². The van der Waals surface area contributed by atoms with Crippen molar-refractivity contribution in [1.29, 1.82) is 0 Å². The van der Waals surface area contributed by atoms with Crippen molar-refractivity contribution < 1.29 is 20.1 Å². The number of nitrogens with zero attached hydrogens (tertiary/aromatic N) is 3. The maximum atomic E-state index is 13.1. The molecule has 0 aliphatic rings. The van der Waals surface area contributed by atoms with E-state index in [-0.39, 0.29) is 5.56 Å². The predicted octanol–water partition coefficient (Wildman–Crippen LogP) is 3.07. The Balaban J connectivity index is 1.92. The van der Waals surface area contributed by atoms with Gasteiger partial charge in [-0.25, -0.2) is 4.98 Å². The van der Waals surface area contributed by atoms with Crippen molar-refractivity contribution in [3.63, 3.8) is 0 Å². The number of fused-ring (bicyclic) bond motifs is 1. The molecule has 4 rings (SSSR count). The zero-order valence-electron chi connectivity index (χ0n) is 15.9. The molecule has 0 amide bonds. The van der Waals surface area contributed by atoms with Gasteiger partial charge in [-0.3, -0.25) is 4.79 Å². The second-order valence-electron chi connectivity index (χ2n) is 6.41. The van der Waals surface area contributed by atoms with E-state index in [1.165, 1.54) is 18.3 Å². The topological polar surface area (TPSA) is 117 Å². The van der Waals surface area contributed by atoms with Crippen LogP contribution >= 0.6 is 0 Å². The van der Waals surface area contributed by atoms with E-state index in [9.17, 15) is 20.1 Å². The standard InChI is InChI=1S/C22H17N3O5/c1-30-15-9-6-13(7-10-15)21-24-17-5-3-2-4-16(17)22(29)25(21)23-12-14-8-11-18(26)20(28)19(14)27/h2-12,26-28H,1H3/b23-12+. The van der Waals surface area contributed by atoms with Gasteiger partial charge in [0.05, 0.1) is 24.2 Å². The fourth-order valence-corrected chi connectivity index (χ4v) is 2.97. The summed E-state index contributed by atoms with van der Waals surface area (Å²) in [5, 5.41) is 33.8. The molecule has 8 heteroatoms. The van der Waals surface area contributed by atoms with Gasteiger partial charge in [0.25, 0.3) is 5.56 Å². The minimum absolute atomic E-state index is 0.117. The summed E-state index contributed by atoms with van der Waals surface area (Å²) in [5.74, 6) is -0.737. The normalized spacial score (nSPS) is 11.2. The number of para-hydroxylation sites is 1. The summed E-state index contributed by atoms with van der Waals surface area (Å²) in [4.78, 5) is 17.7. The lowest BCUT2D eigenvalue weighted by atomic mass is 10.2. The summed E-state index contributed by atoms with van der Waals surface area (Å²) >= 11 is 0. The molecule has 0 fully saturated rings. The number of hydrogen-bond acceptors (Lipinski definition) is 7. The van der Waals surface area contributed by atoms with Crippen LogP contribution in [0.2, 0.25) is 0 Å². The molecule has 0 radical (unpaired) electrons. The van der Waals surface area contributed by atoms with Crippen molar-refractivity contribution in [2.24, 2.45) is 5.10 Å². The maximum absolute atomic E-state index is 13.1. The van der Waals surface area contributed by atoms with Crippen LogP contribution in [0.25, 0.3) is 22.3 Å². The first-order valence-corrected chi connectivity index (χ1v) is 8.94. The Morgan fingerprint density at radius 2 is 1.70 bits per heavy atom. The van der Waals surface area contributed by atoms with Gasteiger partial charge in [0, 0.05) is 11.1 Å². The number of ether oxygens (including phenoxy) is 1. The average molecular weight is 403 g/mol. The Labute approximate surface area is 170 Å². The van der Waals surface area contributed by atoms with Gasteiger partial charge in [0.15, 0.2) is 17.3 Å². The van der Waals surface area contributed by atoms with Crippen LogP contribution in [0.15, 0.2) is 70.6 Å². The molecule has 0 saturated heterocycles. The smallest absolute Gasteiger partial charge is 0.282 e. The Kier molecular flexibility index (Phi) is 4.81. The fourth-order valence-electron chi connectivity index (χ4n) is 2.97. The molecule has 3 N–H and O–H groups in total. The molecule has 0 spiro atoms. The molecule has 150 valence electrons. The lowest BCUT2D eigenvalue weighted by molar-refractivity contribution is 0.367. The molecule has 0 aliphatic heterocycles. The van der Waals surface area contributed by atoms with E-state index >= 15 is 0 Å². The third kappa shape index (κ3) is 3.30. The molecule has 0 aliphatic carbocycles. The van der Waals surface area contributed by atoms with Gasteiger partial charge in [0.2, 0.25) is 5.75 Å². The number of aromatic nitrogens is 2. The minimum atomic E-state index is -0.668. The third-order valence-electron chi connectivity index (χ3n) is 4.58. The molecule has 0 bridgehead atoms. The maximum Gasteiger partial charge on any atom is 0.282 e. The first-order chi connectivity index (χ1) is 14.5. The van der Waals surface area contributed by atoms with Gasteiger partial charge >= 0.3 is 0 Å². The van der Waals surface area contributed by atoms with E-state index in [4.69, 9.17) is 4.74 Å². The van der Waals surface area contributed by atoms with E-state index in [1.807, 2.05) is 0 Å². The van der Waals surface area contributed by atoms with E-state index in [2.05, 4.69) is 10.1 Å². The number of phenols is 3. The lowest BCUT2D eigenvalue weighted by Gasteiger charge is -2.10. The van der Waals surface area contributed by atoms with Gasteiger partial charge in [-0.2, -0.15) is 9.78 Å². The zero-order chi connectivity index (χ0) is 21.3. The van der Waals surface area contributed by atoms with Crippen LogP contribution in [0.5, 0.6) is 23.0 Å². The summed E-state index contributed by atoms with van der Waals surface area (Å²) in [6, 6.07) is 16.5. The Morgan fingerprint density at radius 3 is 2.43 bits per heavy atom. The highest BCUT2D eigenvalue weighted by Crippen LogP contribution is 2.36. The third-order valence-corrected chi connectivity index (χ3v) is 4.58. The zero-order valence-corrected chi connectivity index (χ0v) is 15.9. The summed E-state index contributed by atoms with van der Waals surface area (Å²) in [6.07, 6.45) is 1.21. The second kappa shape index (κ2) is 7.59. The van der Waals surface area contributed by atoms with Gasteiger partial charge in [-0.15, -0.1) is 0 Å². The molecule has 8 nitrogen and oxygen atoms in total. The fraction of sp³-hybridized carbons (Fsp3) is 0.0455. The molecule has 0 atom stereocenters. The largest absolute Gasteiger partial charge is 0.504 e. The summed E-state index contributed by atoms with van der Waals surface area (Å²) in [5.41, 5.74) is 0.870. The monoisotopic (exact) mass is 403 g/mol. The quantitative estimate of drug-likeness (QED) is 0.356. The molecular formula is C22H17N3O5. The van der Waals surface area contributed by atoms with Gasteiger partial charge in [-0.05, 0) is 48.5 Å². The highest BCUT2D eigenvalue weighted by atomic mass is 16.5. The van der Waals surface area contributed by atoms with Crippen molar-refractivity contribution in [3.8, 4) is 34.4 Å². The first-order valence-electron chi connectivity index (χ1n) is 8.94. The van der Waals surface area contributed by atoms with Gasteiger partial charge in [-0.1, -0.05) is 12.1 Å². The first kappa shape index (κ1) is 19.0. The van der Waals surface area contributed by atoms with Crippen molar-refractivity contribution in [3.05, 3.63) is 76.6 Å². The Morgan fingerprint density at radius 1 is 0.967 bits per heavy atom. The van der Waals surface area contributed by atoms with Crippen LogP contribution in [0, 0.1) is 0 Å². The number of hydrogen-bond donors (Lipinski definition) is 3. The Bertz CT molecular complexity index is 1330. The van der Waals surface area contributed by atoms with Crippen LogP contribution in [0.3, 0.4) is 0 Å². The molecule has 1 aromatic heterocycles. The van der Waals surface area contributed by atoms with E-state index in [0.29, 0.717) is 28.0 Å². The number of methoxy groups -OCH3 is 1. The number of rotatable bonds is 4. The highest BCUT2D eigenvalue weighted by molar-refractivity contribution is 5.86. The molecule has 0 unspecified atom stereocenters. The minimum Gasteiger partial charge on any atom is -0.504 e. The molecule has 3 aromatic carbocycles. The van der Waals surface area contributed by atoms with Crippen molar-refractivity contribution in [2.45, 2.75) is 0 Å². The molecule has 30 heavy (non-hydrogen) atoms. The van der Waals surface area contributed by atoms with Crippen molar-refractivity contribution in [1.82, 2.24) is 9.66 Å². The molecule has 4 aromatic rings. The Hall–Kier alpha value is -4.33. The lowest BCUT2D eigenvalue weighted by Crippen LogP contribution is -2.20. The van der Waals surface area contributed by atoms with E-state index < -0.39 is 22.8 Å². The van der Waals surface area contributed by atoms with Gasteiger partial charge < -0.3 is 20.1 Å². The van der Waals surface area contributed by atoms with Crippen molar-refractivity contribution in [2.75, 3.05) is 7.11 Å². The number of phenolic OH excluding ortho intramolecular Hbond substituents is 3. The van der Waals surface area contributed by atoms with Crippen LogP contribution in [-0.2, 0) is 0 Å². The predicted molar refractivity (Wildman–Crippen MR) is 112 cm³/mol. The van der Waals surface area contributed by atoms with Crippen LogP contribution < -0.4 is 10.3 Å². The highest BCUT2D eigenvalue weighted by Gasteiger charge is 2.14. The number of aromatic hydroxyl groups is 3. The summed E-state index contributed by atoms with van der Waals surface area (Å²) in [6.45, 7) is 0. The molecule has 1 heterocycles. The molecular weight excluding hydrogens is 386 g/mol. The van der Waals surface area contributed by atoms with Gasteiger partial charge in [0.1, 0.15) is 5.75 Å². The molecule has 0 saturated carbocycles. The summed E-state index contributed by atoms with van der Waals surface area (Å²) < 4.78 is 6.30. The van der Waals surface area contributed by atoms with Crippen LogP contribution in [-0.4, -0.2) is 38.3 Å².